The molecule has 71 heavy (non-hydrogen) atoms. The smallest absolute Gasteiger partial charge is 0.337 e. The molecular formula is C58H107N3O8Si2. The van der Waals surface area contributed by atoms with Crippen molar-refractivity contribution in [2.24, 2.45) is 10.7 Å². The molecule has 2 saturated heterocycles. The molecule has 0 bridgehead atoms. The lowest BCUT2D eigenvalue weighted by molar-refractivity contribution is -0.173. The van der Waals surface area contributed by atoms with E-state index in [4.69, 9.17) is 38.5 Å². The van der Waals surface area contributed by atoms with Gasteiger partial charge < -0.3 is 38.4 Å². The van der Waals surface area contributed by atoms with E-state index in [0.29, 0.717) is 73.8 Å². The molecule has 4 atom stereocenters. The first-order valence-corrected chi connectivity index (χ1v) is 33.8. The number of guanidine groups is 1. The van der Waals surface area contributed by atoms with Crippen molar-refractivity contribution in [1.82, 2.24) is 4.90 Å². The van der Waals surface area contributed by atoms with Crippen molar-refractivity contribution >= 4 is 34.5 Å². The summed E-state index contributed by atoms with van der Waals surface area (Å²) in [5.41, 5.74) is 10.00. The number of carbonyl (C=O) groups excluding carboxylic acids is 2. The Morgan fingerprint density at radius 1 is 0.831 bits per heavy atom. The van der Waals surface area contributed by atoms with Crippen molar-refractivity contribution in [3.63, 3.8) is 0 Å². The summed E-state index contributed by atoms with van der Waals surface area (Å²) in [6, 6.07) is -0.168. The molecule has 0 aromatic heterocycles. The standard InChI is InChI=1S/C58H107N3O8Si2/c1-15-40-64-53(62)36-28-26-24-22-20-18-17-19-21-23-25-27-31-41-65-55(63)54-51(35-32-33-48(9)68-70(13,14)57(10,11)12)60-56(59)61-49(37-38-52(54)61)44-58(66-42-43-67-58)39-30-29-34-50(16-2)69-71(45(3)4,46(5)6)47(7)8/h15,29,34,45-50,52H,1,16-28,30-33,35-44H2,2-14H3,(H2,59,60)/b34-29-/t48-,49+,50+,52+/m1/s1. The van der Waals surface area contributed by atoms with Crippen LogP contribution in [0.3, 0.4) is 0 Å². The van der Waals surface area contributed by atoms with Gasteiger partial charge in [0.05, 0.1) is 43.2 Å². The maximum Gasteiger partial charge on any atom is 0.337 e. The lowest BCUT2D eigenvalue weighted by atomic mass is 9.98. The van der Waals surface area contributed by atoms with E-state index in [9.17, 15) is 9.59 Å². The normalized spacial score (nSPS) is 19.5. The summed E-state index contributed by atoms with van der Waals surface area (Å²) in [6.45, 7) is 35.4. The third kappa shape index (κ3) is 20.1. The topological polar surface area (TPSA) is 131 Å². The van der Waals surface area contributed by atoms with Crippen molar-refractivity contribution in [2.75, 3.05) is 26.4 Å². The summed E-state index contributed by atoms with van der Waals surface area (Å²) in [5.74, 6) is -0.610. The fourth-order valence-electron chi connectivity index (χ4n) is 11.4. The average molecular weight is 1030 g/mol. The minimum Gasteiger partial charge on any atom is -0.462 e. The minimum absolute atomic E-state index is 0.0195. The predicted octanol–water partition coefficient (Wildman–Crippen LogP) is 15.2. The molecule has 410 valence electrons. The van der Waals surface area contributed by atoms with E-state index in [1.165, 1.54) is 51.4 Å². The zero-order chi connectivity index (χ0) is 52.7. The number of allylic oxidation sites excluding steroid dienone is 2. The Labute approximate surface area is 436 Å². The van der Waals surface area contributed by atoms with Crippen LogP contribution in [0.5, 0.6) is 0 Å². The van der Waals surface area contributed by atoms with Gasteiger partial charge in [-0.05, 0) is 99.5 Å². The first-order chi connectivity index (χ1) is 33.6. The number of esters is 2. The van der Waals surface area contributed by atoms with Crippen molar-refractivity contribution < 1.29 is 37.4 Å². The van der Waals surface area contributed by atoms with Gasteiger partial charge in [-0.15, -0.1) is 0 Å². The van der Waals surface area contributed by atoms with Gasteiger partial charge in [-0.2, -0.15) is 0 Å². The van der Waals surface area contributed by atoms with Gasteiger partial charge >= 0.3 is 11.9 Å². The van der Waals surface area contributed by atoms with Crippen LogP contribution in [0.2, 0.25) is 34.8 Å². The molecule has 2 N–H and O–H groups in total. The molecule has 3 heterocycles. The molecule has 0 saturated carbocycles. The molecular weight excluding hydrogens is 923 g/mol. The highest BCUT2D eigenvalue weighted by Gasteiger charge is 2.49. The number of aliphatic imine (C=N–C) groups is 1. The fraction of sp³-hybridized carbons (Fsp3) is 0.845. The molecule has 0 radical (unpaired) electrons. The predicted molar refractivity (Wildman–Crippen MR) is 299 cm³/mol. The molecule has 3 aliphatic rings. The minimum atomic E-state index is -2.01. The molecule has 0 aromatic carbocycles. The average Bonchev–Trinajstić information content (AvgIpc) is 3.94. The monoisotopic (exact) mass is 1030 g/mol. The molecule has 0 aliphatic carbocycles. The van der Waals surface area contributed by atoms with Crippen molar-refractivity contribution in [3.05, 3.63) is 36.1 Å². The second-order valence-corrected chi connectivity index (χ2v) is 33.8. The first-order valence-electron chi connectivity index (χ1n) is 28.7. The van der Waals surface area contributed by atoms with E-state index in [-0.39, 0.29) is 41.3 Å². The second kappa shape index (κ2) is 31.6. The van der Waals surface area contributed by atoms with Gasteiger partial charge in [0, 0.05) is 31.4 Å². The summed E-state index contributed by atoms with van der Waals surface area (Å²) in [7, 11) is -3.93. The Bertz CT molecular complexity index is 1640. The van der Waals surface area contributed by atoms with Crippen LogP contribution >= 0.6 is 0 Å². The fourth-order valence-corrected chi connectivity index (χ4v) is 18.4. The highest BCUT2D eigenvalue weighted by molar-refractivity contribution is 6.77. The number of nitrogens with two attached hydrogens (primary N) is 1. The highest BCUT2D eigenvalue weighted by Crippen LogP contribution is 2.45. The SMILES string of the molecule is C=CCOC(=O)CCCCCCCCCCCCCCCOC(=O)C1=C(CCC[C@@H](C)O[Si](C)(C)C(C)(C)C)N=C(N)N2[C@H](CC3(CC/C=C\[C@H](CC)O[Si](C(C)C)(C(C)C)C(C)C)OCCO3)CC[C@@H]12. The molecule has 13 heteroatoms. The van der Waals surface area contributed by atoms with Gasteiger partial charge in [0.15, 0.2) is 20.1 Å². The lowest BCUT2D eigenvalue weighted by Gasteiger charge is -2.44. The molecule has 3 rings (SSSR count). The van der Waals surface area contributed by atoms with E-state index in [1.54, 1.807) is 6.08 Å². The number of rotatable bonds is 37. The van der Waals surface area contributed by atoms with Gasteiger partial charge in [0.25, 0.3) is 0 Å². The largest absolute Gasteiger partial charge is 0.462 e. The Morgan fingerprint density at radius 2 is 1.39 bits per heavy atom. The highest BCUT2D eigenvalue weighted by atomic mass is 28.4. The van der Waals surface area contributed by atoms with Crippen LogP contribution in [0.4, 0.5) is 0 Å². The maximum atomic E-state index is 14.3. The van der Waals surface area contributed by atoms with E-state index in [0.717, 1.165) is 82.7 Å². The zero-order valence-corrected chi connectivity index (χ0v) is 49.8. The molecule has 0 aromatic rings. The molecule has 11 nitrogen and oxygen atoms in total. The Balaban J connectivity index is 1.58. The quantitative estimate of drug-likeness (QED) is 0.0278. The number of hydrogen-bond donors (Lipinski definition) is 1. The number of carbonyl (C=O) groups is 2. The van der Waals surface area contributed by atoms with Crippen LogP contribution < -0.4 is 5.73 Å². The van der Waals surface area contributed by atoms with Crippen LogP contribution in [-0.4, -0.2) is 95.9 Å². The summed E-state index contributed by atoms with van der Waals surface area (Å²) in [4.78, 5) is 33.1. The van der Waals surface area contributed by atoms with E-state index >= 15 is 0 Å². The Morgan fingerprint density at radius 3 is 1.93 bits per heavy atom. The van der Waals surface area contributed by atoms with Crippen molar-refractivity contribution in [3.8, 4) is 0 Å². The molecule has 3 aliphatic heterocycles. The summed E-state index contributed by atoms with van der Waals surface area (Å²) in [5, 5.41) is 0.138. The summed E-state index contributed by atoms with van der Waals surface area (Å²) < 4.78 is 38.0. The van der Waals surface area contributed by atoms with E-state index in [2.05, 4.69) is 113 Å². The van der Waals surface area contributed by atoms with Gasteiger partial charge in [-0.3, -0.25) is 4.79 Å². The number of hydrogen-bond acceptors (Lipinski definition) is 11. The number of fused-ring (bicyclic) bond motifs is 1. The number of ether oxygens (including phenoxy) is 4. The van der Waals surface area contributed by atoms with Crippen LogP contribution in [0.1, 0.15) is 224 Å². The van der Waals surface area contributed by atoms with Crippen LogP contribution in [0.15, 0.2) is 41.1 Å². The van der Waals surface area contributed by atoms with Crippen molar-refractivity contribution in [1.29, 1.82) is 0 Å². The van der Waals surface area contributed by atoms with E-state index < -0.39 is 22.4 Å². The molecule has 0 amide bonds. The van der Waals surface area contributed by atoms with Gasteiger partial charge in [-0.1, -0.05) is 165 Å². The first kappa shape index (κ1) is 63.0. The van der Waals surface area contributed by atoms with Crippen LogP contribution in [0, 0.1) is 0 Å². The lowest BCUT2D eigenvalue weighted by Crippen LogP contribution is -2.52. The summed E-state index contributed by atoms with van der Waals surface area (Å²) >= 11 is 0. The molecule has 2 fully saturated rings. The summed E-state index contributed by atoms with van der Waals surface area (Å²) in [6.07, 6.45) is 29.1. The number of unbranched alkanes of at least 4 members (excludes halogenated alkanes) is 12. The van der Waals surface area contributed by atoms with Crippen molar-refractivity contribution in [2.45, 2.75) is 289 Å². The van der Waals surface area contributed by atoms with E-state index in [1.807, 2.05) is 0 Å². The van der Waals surface area contributed by atoms with Gasteiger partial charge in [-0.25, -0.2) is 9.79 Å². The molecule has 0 unspecified atom stereocenters. The Hall–Kier alpha value is -2.30. The second-order valence-electron chi connectivity index (χ2n) is 23.7. The van der Waals surface area contributed by atoms with Crippen LogP contribution in [-0.2, 0) is 37.4 Å². The molecule has 0 spiro atoms. The Kier molecular flexibility index (Phi) is 28.0. The van der Waals surface area contributed by atoms with Gasteiger partial charge in [0.1, 0.15) is 6.61 Å². The third-order valence-electron chi connectivity index (χ3n) is 16.2. The van der Waals surface area contributed by atoms with Gasteiger partial charge in [0.2, 0.25) is 8.32 Å². The van der Waals surface area contributed by atoms with Crippen LogP contribution in [0.25, 0.3) is 0 Å². The third-order valence-corrected chi connectivity index (χ3v) is 26.9. The number of nitrogens with zero attached hydrogens (tertiary/aromatic N) is 2. The maximum absolute atomic E-state index is 14.3. The zero-order valence-electron chi connectivity index (χ0n) is 47.8.